The van der Waals surface area contributed by atoms with E-state index in [0.29, 0.717) is 0 Å². The Kier molecular flexibility index (Phi) is 3.94. The zero-order valence-corrected chi connectivity index (χ0v) is 12.2. The fourth-order valence-corrected chi connectivity index (χ4v) is 3.09. The van der Waals surface area contributed by atoms with Crippen molar-refractivity contribution >= 4 is 15.8 Å². The molecule has 2 rings (SSSR count). The highest BCUT2D eigenvalue weighted by molar-refractivity contribution is 7.90. The highest BCUT2D eigenvalue weighted by Gasteiger charge is 2.21. The van der Waals surface area contributed by atoms with Crippen molar-refractivity contribution < 1.29 is 23.1 Å². The molecule has 0 amide bonds. The molecule has 1 N–H and O–H groups in total. The molecule has 0 saturated heterocycles. The Labute approximate surface area is 120 Å². The Balaban J connectivity index is 2.43. The van der Waals surface area contributed by atoms with Gasteiger partial charge in [-0.05, 0) is 18.2 Å². The summed E-state index contributed by atoms with van der Waals surface area (Å²) >= 11 is 0. The van der Waals surface area contributed by atoms with Crippen LogP contribution in [0.5, 0.6) is 5.75 Å². The SMILES string of the molecule is COc1ccc(S(=O)(=O)Cc2ncnn2C)cc1C(=O)O. The number of nitrogens with zero attached hydrogens (tertiary/aromatic N) is 3. The third-order valence-electron chi connectivity index (χ3n) is 2.88. The van der Waals surface area contributed by atoms with Crippen molar-refractivity contribution in [2.75, 3.05) is 7.11 Å². The monoisotopic (exact) mass is 311 g/mol. The Bertz CT molecular complexity index is 782. The number of aromatic carboxylic acids is 1. The Morgan fingerprint density at radius 2 is 2.14 bits per heavy atom. The molecule has 0 bridgehead atoms. The fourth-order valence-electron chi connectivity index (χ4n) is 1.75. The number of carboxylic acids is 1. The van der Waals surface area contributed by atoms with Crippen LogP contribution in [0.1, 0.15) is 16.2 Å². The third kappa shape index (κ3) is 3.02. The maximum Gasteiger partial charge on any atom is 0.339 e. The Morgan fingerprint density at radius 3 is 2.67 bits per heavy atom. The molecule has 0 radical (unpaired) electrons. The molecular weight excluding hydrogens is 298 g/mol. The maximum absolute atomic E-state index is 12.3. The highest BCUT2D eigenvalue weighted by Crippen LogP contribution is 2.24. The molecule has 2 aromatic rings. The summed E-state index contributed by atoms with van der Waals surface area (Å²) in [5.74, 6) is -1.26. The molecule has 0 fully saturated rings. The summed E-state index contributed by atoms with van der Waals surface area (Å²) in [6.45, 7) is 0. The summed E-state index contributed by atoms with van der Waals surface area (Å²) in [7, 11) is -0.836. The van der Waals surface area contributed by atoms with E-state index >= 15 is 0 Å². The lowest BCUT2D eigenvalue weighted by atomic mass is 10.2. The molecule has 1 aromatic heterocycles. The standard InChI is InChI=1S/C12H13N3O5S/c1-15-11(13-7-14-15)6-21(18,19)8-3-4-10(20-2)9(5-8)12(16)17/h3-5,7H,6H2,1-2H3,(H,16,17). The second-order valence-electron chi connectivity index (χ2n) is 4.23. The van der Waals surface area contributed by atoms with Crippen molar-refractivity contribution in [3.05, 3.63) is 35.9 Å². The van der Waals surface area contributed by atoms with Crippen LogP contribution < -0.4 is 4.74 Å². The number of hydrogen-bond donors (Lipinski definition) is 1. The molecule has 0 spiro atoms. The molecule has 112 valence electrons. The van der Waals surface area contributed by atoms with Gasteiger partial charge in [0.25, 0.3) is 0 Å². The number of methoxy groups -OCH3 is 1. The number of sulfone groups is 1. The maximum atomic E-state index is 12.3. The minimum absolute atomic E-state index is 0.0973. The van der Waals surface area contributed by atoms with Crippen LogP contribution >= 0.6 is 0 Å². The van der Waals surface area contributed by atoms with Crippen LogP contribution in [-0.4, -0.2) is 41.4 Å². The summed E-state index contributed by atoms with van der Waals surface area (Å²) in [6.07, 6.45) is 1.25. The number of aromatic nitrogens is 3. The number of carbonyl (C=O) groups is 1. The summed E-state index contributed by atoms with van der Waals surface area (Å²) in [4.78, 5) is 14.9. The summed E-state index contributed by atoms with van der Waals surface area (Å²) in [5.41, 5.74) is -0.212. The van der Waals surface area contributed by atoms with Gasteiger partial charge in [-0.15, -0.1) is 0 Å². The van der Waals surface area contributed by atoms with Crippen molar-refractivity contribution in [1.82, 2.24) is 14.8 Å². The number of ether oxygens (including phenoxy) is 1. The van der Waals surface area contributed by atoms with Gasteiger partial charge in [0.1, 0.15) is 29.2 Å². The van der Waals surface area contributed by atoms with Gasteiger partial charge < -0.3 is 9.84 Å². The second kappa shape index (κ2) is 5.52. The minimum atomic E-state index is -3.73. The van der Waals surface area contributed by atoms with Gasteiger partial charge in [0.2, 0.25) is 0 Å². The molecule has 0 unspecified atom stereocenters. The van der Waals surface area contributed by atoms with Crippen LogP contribution in [0.15, 0.2) is 29.4 Å². The van der Waals surface area contributed by atoms with Crippen molar-refractivity contribution in [1.29, 1.82) is 0 Å². The Morgan fingerprint density at radius 1 is 1.43 bits per heavy atom. The van der Waals surface area contributed by atoms with Gasteiger partial charge in [-0.1, -0.05) is 0 Å². The van der Waals surface area contributed by atoms with E-state index in [1.54, 1.807) is 7.05 Å². The number of aryl methyl sites for hydroxylation is 1. The first-order chi connectivity index (χ1) is 9.85. The van der Waals surface area contributed by atoms with Crippen LogP contribution in [0, 0.1) is 0 Å². The van der Waals surface area contributed by atoms with Crippen molar-refractivity contribution in [3.63, 3.8) is 0 Å². The van der Waals surface area contributed by atoms with E-state index in [2.05, 4.69) is 10.1 Å². The van der Waals surface area contributed by atoms with E-state index in [9.17, 15) is 13.2 Å². The summed E-state index contributed by atoms with van der Waals surface area (Å²) in [6, 6.07) is 3.69. The molecule has 0 saturated carbocycles. The van der Waals surface area contributed by atoms with Crippen LogP contribution in [0.2, 0.25) is 0 Å². The van der Waals surface area contributed by atoms with Crippen LogP contribution in [0.4, 0.5) is 0 Å². The molecule has 0 aliphatic heterocycles. The van der Waals surface area contributed by atoms with Crippen molar-refractivity contribution in [2.24, 2.45) is 7.05 Å². The molecule has 1 aromatic carbocycles. The predicted molar refractivity (Wildman–Crippen MR) is 71.8 cm³/mol. The number of benzene rings is 1. The molecule has 0 aliphatic carbocycles. The van der Waals surface area contributed by atoms with Crippen LogP contribution in [-0.2, 0) is 22.6 Å². The first-order valence-corrected chi connectivity index (χ1v) is 7.47. The average molecular weight is 311 g/mol. The van der Waals surface area contributed by atoms with Gasteiger partial charge >= 0.3 is 5.97 Å². The quantitative estimate of drug-likeness (QED) is 0.855. The smallest absolute Gasteiger partial charge is 0.339 e. The van der Waals surface area contributed by atoms with E-state index in [0.717, 1.165) is 6.07 Å². The number of carboxylic acid groups (broad SMARTS) is 1. The van der Waals surface area contributed by atoms with Gasteiger partial charge in [0, 0.05) is 7.05 Å². The molecule has 9 heteroatoms. The lowest BCUT2D eigenvalue weighted by Crippen LogP contribution is -2.11. The zero-order chi connectivity index (χ0) is 15.6. The van der Waals surface area contributed by atoms with E-state index in [-0.39, 0.29) is 27.8 Å². The van der Waals surface area contributed by atoms with Gasteiger partial charge in [-0.3, -0.25) is 4.68 Å². The van der Waals surface area contributed by atoms with Crippen molar-refractivity contribution in [2.45, 2.75) is 10.6 Å². The van der Waals surface area contributed by atoms with Gasteiger partial charge in [0.15, 0.2) is 9.84 Å². The first kappa shape index (κ1) is 15.0. The molecule has 1 heterocycles. The largest absolute Gasteiger partial charge is 0.496 e. The third-order valence-corrected chi connectivity index (χ3v) is 4.50. The predicted octanol–water partition coefficient (Wildman–Crippen LogP) is 0.496. The average Bonchev–Trinajstić information content (AvgIpc) is 2.82. The molecule has 0 atom stereocenters. The van der Waals surface area contributed by atoms with Crippen LogP contribution in [0.3, 0.4) is 0 Å². The van der Waals surface area contributed by atoms with Gasteiger partial charge in [0.05, 0.1) is 12.0 Å². The Hall–Kier alpha value is -2.42. The molecule has 21 heavy (non-hydrogen) atoms. The lowest BCUT2D eigenvalue weighted by molar-refractivity contribution is 0.0693. The van der Waals surface area contributed by atoms with Crippen molar-refractivity contribution in [3.8, 4) is 5.75 Å². The van der Waals surface area contributed by atoms with E-state index in [4.69, 9.17) is 9.84 Å². The molecule has 8 nitrogen and oxygen atoms in total. The number of hydrogen-bond acceptors (Lipinski definition) is 6. The van der Waals surface area contributed by atoms with E-state index in [1.165, 1.54) is 30.3 Å². The topological polar surface area (TPSA) is 111 Å². The van der Waals surface area contributed by atoms with Crippen LogP contribution in [0.25, 0.3) is 0 Å². The minimum Gasteiger partial charge on any atom is -0.496 e. The summed E-state index contributed by atoms with van der Waals surface area (Å²) in [5, 5.41) is 12.9. The fraction of sp³-hybridized carbons (Fsp3) is 0.250. The molecular formula is C12H13N3O5S. The van der Waals surface area contributed by atoms with E-state index < -0.39 is 15.8 Å². The highest BCUT2D eigenvalue weighted by atomic mass is 32.2. The van der Waals surface area contributed by atoms with E-state index in [1.807, 2.05) is 0 Å². The first-order valence-electron chi connectivity index (χ1n) is 5.82. The second-order valence-corrected chi connectivity index (χ2v) is 6.22. The lowest BCUT2D eigenvalue weighted by Gasteiger charge is -2.08. The molecule has 0 aliphatic rings. The zero-order valence-electron chi connectivity index (χ0n) is 11.3. The van der Waals surface area contributed by atoms with Gasteiger partial charge in [-0.2, -0.15) is 5.10 Å². The van der Waals surface area contributed by atoms with Gasteiger partial charge in [-0.25, -0.2) is 18.2 Å². The number of rotatable bonds is 5. The normalized spacial score (nSPS) is 11.3. The summed E-state index contributed by atoms with van der Waals surface area (Å²) < 4.78 is 30.9.